The van der Waals surface area contributed by atoms with Crippen LogP contribution in [-0.2, 0) is 0 Å². The molecule has 0 heterocycles. The highest BCUT2D eigenvalue weighted by molar-refractivity contribution is 9.10. The van der Waals surface area contributed by atoms with Crippen LogP contribution in [0.15, 0.2) is 53.0 Å². The van der Waals surface area contributed by atoms with Gasteiger partial charge in [-0.05, 0) is 54.8 Å². The Morgan fingerprint density at radius 1 is 1.15 bits per heavy atom. The molecule has 0 aromatic heterocycles. The zero-order valence-electron chi connectivity index (χ0n) is 11.1. The molecule has 2 aromatic rings. The van der Waals surface area contributed by atoms with Crippen LogP contribution in [0.1, 0.15) is 17.9 Å². The largest absolute Gasteiger partial charge is 0.494 e. The lowest BCUT2D eigenvalue weighted by Gasteiger charge is -2.16. The molecule has 0 spiro atoms. The van der Waals surface area contributed by atoms with E-state index in [2.05, 4.69) is 15.9 Å². The molecule has 0 radical (unpaired) electrons. The maximum absolute atomic E-state index is 5.90. The third-order valence-electron chi connectivity index (χ3n) is 3.16. The Labute approximate surface area is 133 Å². The van der Waals surface area contributed by atoms with Crippen molar-refractivity contribution in [2.75, 3.05) is 13.2 Å². The summed E-state index contributed by atoms with van der Waals surface area (Å²) < 4.78 is 6.77. The number of hydrogen-bond acceptors (Lipinski definition) is 2. The van der Waals surface area contributed by atoms with Crippen LogP contribution in [-0.4, -0.2) is 13.2 Å². The Kier molecular flexibility index (Phi) is 5.89. The van der Waals surface area contributed by atoms with Gasteiger partial charge in [-0.1, -0.05) is 45.7 Å². The van der Waals surface area contributed by atoms with Crippen LogP contribution in [0.5, 0.6) is 5.75 Å². The molecule has 0 aliphatic rings. The molecular formula is C16H17BrClNO. The lowest BCUT2D eigenvalue weighted by atomic mass is 9.96. The first-order valence-electron chi connectivity index (χ1n) is 6.53. The van der Waals surface area contributed by atoms with E-state index in [0.717, 1.165) is 21.7 Å². The van der Waals surface area contributed by atoms with Gasteiger partial charge in [0.15, 0.2) is 0 Å². The molecule has 0 bridgehead atoms. The summed E-state index contributed by atoms with van der Waals surface area (Å²) in [6.45, 7) is 1.24. The van der Waals surface area contributed by atoms with Crippen LogP contribution in [0.2, 0.25) is 5.02 Å². The Morgan fingerprint density at radius 3 is 2.55 bits per heavy atom. The predicted octanol–water partition coefficient (Wildman–Crippen LogP) is 4.61. The van der Waals surface area contributed by atoms with Crippen molar-refractivity contribution in [3.63, 3.8) is 0 Å². The summed E-state index contributed by atoms with van der Waals surface area (Å²) in [5, 5.41) is 0.745. The van der Waals surface area contributed by atoms with Gasteiger partial charge in [-0.3, -0.25) is 0 Å². The van der Waals surface area contributed by atoms with Gasteiger partial charge in [0.25, 0.3) is 0 Å². The van der Waals surface area contributed by atoms with E-state index in [-0.39, 0.29) is 0 Å². The van der Waals surface area contributed by atoms with Gasteiger partial charge in [0, 0.05) is 9.50 Å². The van der Waals surface area contributed by atoms with Crippen molar-refractivity contribution in [1.82, 2.24) is 0 Å². The summed E-state index contributed by atoms with van der Waals surface area (Å²) in [6, 6.07) is 15.7. The number of benzene rings is 2. The molecule has 2 N–H and O–H groups in total. The highest BCUT2D eigenvalue weighted by atomic mass is 79.9. The average Bonchev–Trinajstić information content (AvgIpc) is 2.45. The Bertz CT molecular complexity index is 544. The van der Waals surface area contributed by atoms with Crippen molar-refractivity contribution in [1.29, 1.82) is 0 Å². The van der Waals surface area contributed by atoms with Gasteiger partial charge < -0.3 is 10.5 Å². The normalized spacial score (nSPS) is 12.2. The SMILES string of the molecule is NCC(CCOc1cccc(Br)c1)c1ccc(Cl)cc1. The summed E-state index contributed by atoms with van der Waals surface area (Å²) in [5.74, 6) is 1.16. The first-order chi connectivity index (χ1) is 9.69. The summed E-state index contributed by atoms with van der Waals surface area (Å²) in [6.07, 6.45) is 0.880. The molecule has 0 amide bonds. The minimum absolute atomic E-state index is 0.291. The van der Waals surface area contributed by atoms with Crippen LogP contribution >= 0.6 is 27.5 Å². The molecule has 2 rings (SSSR count). The van der Waals surface area contributed by atoms with Crippen LogP contribution in [0.4, 0.5) is 0 Å². The molecule has 0 saturated heterocycles. The van der Waals surface area contributed by atoms with Crippen molar-refractivity contribution in [2.45, 2.75) is 12.3 Å². The van der Waals surface area contributed by atoms with E-state index in [4.69, 9.17) is 22.1 Å². The van der Waals surface area contributed by atoms with Crippen LogP contribution in [0, 0.1) is 0 Å². The molecular weight excluding hydrogens is 338 g/mol. The van der Waals surface area contributed by atoms with Crippen LogP contribution in [0.3, 0.4) is 0 Å². The molecule has 1 unspecified atom stereocenters. The standard InChI is InChI=1S/C16H17BrClNO/c17-14-2-1-3-16(10-14)20-9-8-13(11-19)12-4-6-15(18)7-5-12/h1-7,10,13H,8-9,11,19H2. The third-order valence-corrected chi connectivity index (χ3v) is 3.90. The molecule has 106 valence electrons. The topological polar surface area (TPSA) is 35.2 Å². The van der Waals surface area contributed by atoms with Gasteiger partial charge in [-0.15, -0.1) is 0 Å². The van der Waals surface area contributed by atoms with Crippen molar-refractivity contribution in [3.8, 4) is 5.75 Å². The van der Waals surface area contributed by atoms with E-state index in [1.54, 1.807) is 0 Å². The summed E-state index contributed by atoms with van der Waals surface area (Å²) in [7, 11) is 0. The van der Waals surface area contributed by atoms with Gasteiger partial charge in [-0.25, -0.2) is 0 Å². The van der Waals surface area contributed by atoms with Crippen molar-refractivity contribution >= 4 is 27.5 Å². The summed E-state index contributed by atoms with van der Waals surface area (Å²) in [5.41, 5.74) is 7.05. The molecule has 0 fully saturated rings. The molecule has 0 aliphatic carbocycles. The second kappa shape index (κ2) is 7.67. The number of nitrogens with two attached hydrogens (primary N) is 1. The van der Waals surface area contributed by atoms with E-state index >= 15 is 0 Å². The van der Waals surface area contributed by atoms with Crippen molar-refractivity contribution in [2.24, 2.45) is 5.73 Å². The molecule has 2 nitrogen and oxygen atoms in total. The Morgan fingerprint density at radius 2 is 1.90 bits per heavy atom. The van der Waals surface area contributed by atoms with E-state index in [1.807, 2.05) is 48.5 Å². The summed E-state index contributed by atoms with van der Waals surface area (Å²) >= 11 is 9.33. The number of halogens is 2. The van der Waals surface area contributed by atoms with Crippen molar-refractivity contribution in [3.05, 3.63) is 63.6 Å². The maximum atomic E-state index is 5.90. The van der Waals surface area contributed by atoms with E-state index in [9.17, 15) is 0 Å². The van der Waals surface area contributed by atoms with E-state index in [0.29, 0.717) is 19.1 Å². The minimum atomic E-state index is 0.291. The van der Waals surface area contributed by atoms with Gasteiger partial charge >= 0.3 is 0 Å². The van der Waals surface area contributed by atoms with Gasteiger partial charge in [-0.2, -0.15) is 0 Å². The third kappa shape index (κ3) is 4.51. The lowest BCUT2D eigenvalue weighted by molar-refractivity contribution is 0.298. The number of hydrogen-bond donors (Lipinski definition) is 1. The zero-order valence-corrected chi connectivity index (χ0v) is 13.4. The number of rotatable bonds is 6. The fraction of sp³-hybridized carbons (Fsp3) is 0.250. The molecule has 2 aromatic carbocycles. The molecule has 0 aliphatic heterocycles. The van der Waals surface area contributed by atoms with E-state index < -0.39 is 0 Å². The monoisotopic (exact) mass is 353 g/mol. The first-order valence-corrected chi connectivity index (χ1v) is 7.70. The molecule has 0 saturated carbocycles. The van der Waals surface area contributed by atoms with Crippen LogP contribution < -0.4 is 10.5 Å². The average molecular weight is 355 g/mol. The zero-order chi connectivity index (χ0) is 14.4. The minimum Gasteiger partial charge on any atom is -0.494 e. The second-order valence-electron chi connectivity index (χ2n) is 4.58. The molecule has 20 heavy (non-hydrogen) atoms. The van der Waals surface area contributed by atoms with E-state index in [1.165, 1.54) is 5.56 Å². The van der Waals surface area contributed by atoms with Gasteiger partial charge in [0.05, 0.1) is 6.61 Å². The van der Waals surface area contributed by atoms with Gasteiger partial charge in [0.1, 0.15) is 5.75 Å². The number of ether oxygens (including phenoxy) is 1. The summed E-state index contributed by atoms with van der Waals surface area (Å²) in [4.78, 5) is 0. The smallest absolute Gasteiger partial charge is 0.120 e. The first kappa shape index (κ1) is 15.4. The maximum Gasteiger partial charge on any atom is 0.120 e. The quantitative estimate of drug-likeness (QED) is 0.822. The fourth-order valence-electron chi connectivity index (χ4n) is 2.03. The predicted molar refractivity (Wildman–Crippen MR) is 87.5 cm³/mol. The van der Waals surface area contributed by atoms with Crippen molar-refractivity contribution < 1.29 is 4.74 Å². The fourth-order valence-corrected chi connectivity index (χ4v) is 2.54. The van der Waals surface area contributed by atoms with Crippen LogP contribution in [0.25, 0.3) is 0 Å². The second-order valence-corrected chi connectivity index (χ2v) is 5.93. The highest BCUT2D eigenvalue weighted by Gasteiger charge is 2.10. The van der Waals surface area contributed by atoms with Gasteiger partial charge in [0.2, 0.25) is 0 Å². The Balaban J connectivity index is 1.89. The Hall–Kier alpha value is -1.03. The molecule has 1 atom stereocenters. The lowest BCUT2D eigenvalue weighted by Crippen LogP contribution is -2.15. The molecule has 4 heteroatoms. The highest BCUT2D eigenvalue weighted by Crippen LogP contribution is 2.22.